The van der Waals surface area contributed by atoms with E-state index in [4.69, 9.17) is 0 Å². The molecule has 27 heavy (non-hydrogen) atoms. The van der Waals surface area contributed by atoms with Gasteiger partial charge in [0.15, 0.2) is 0 Å². The minimum atomic E-state index is -0.874. The Kier molecular flexibility index (Phi) is 4.89. The summed E-state index contributed by atoms with van der Waals surface area (Å²) in [4.78, 5) is 30.8. The highest BCUT2D eigenvalue weighted by molar-refractivity contribution is 5.89. The molecule has 0 aliphatic heterocycles. The maximum absolute atomic E-state index is 13.8. The van der Waals surface area contributed by atoms with Gasteiger partial charge in [-0.15, -0.1) is 0 Å². The summed E-state index contributed by atoms with van der Waals surface area (Å²) in [7, 11) is 3.09. The first-order chi connectivity index (χ1) is 12.8. The van der Waals surface area contributed by atoms with Gasteiger partial charge in [0.1, 0.15) is 17.5 Å². The van der Waals surface area contributed by atoms with E-state index in [2.05, 4.69) is 10.3 Å². The number of carbonyl (C=O) groups excluding carboxylic acids is 1. The molecule has 0 aliphatic rings. The second-order valence-electron chi connectivity index (χ2n) is 6.19. The van der Waals surface area contributed by atoms with Crippen molar-refractivity contribution in [3.63, 3.8) is 0 Å². The van der Waals surface area contributed by atoms with Gasteiger partial charge in [0.05, 0.1) is 22.6 Å². The van der Waals surface area contributed by atoms with Crippen LogP contribution in [0.25, 0.3) is 10.9 Å². The fourth-order valence-electron chi connectivity index (χ4n) is 2.75. The van der Waals surface area contributed by atoms with Crippen LogP contribution in [0.4, 0.5) is 19.3 Å². The molecule has 0 saturated carbocycles. The Morgan fingerprint density at radius 2 is 1.93 bits per heavy atom. The highest BCUT2D eigenvalue weighted by Gasteiger charge is 2.23. The number of halogens is 2. The Labute approximate surface area is 154 Å². The van der Waals surface area contributed by atoms with Crippen LogP contribution in [0.3, 0.4) is 0 Å². The van der Waals surface area contributed by atoms with E-state index in [9.17, 15) is 18.4 Å². The number of amides is 2. The smallest absolute Gasteiger partial charge is 0.318 e. The quantitative estimate of drug-likeness (QED) is 0.766. The first-order valence-electron chi connectivity index (χ1n) is 8.24. The third-order valence-electron chi connectivity index (χ3n) is 4.47. The monoisotopic (exact) mass is 372 g/mol. The number of benzene rings is 2. The van der Waals surface area contributed by atoms with Gasteiger partial charge in [0, 0.05) is 20.2 Å². The van der Waals surface area contributed by atoms with Gasteiger partial charge in [-0.3, -0.25) is 9.36 Å². The van der Waals surface area contributed by atoms with E-state index in [0.29, 0.717) is 22.8 Å². The van der Waals surface area contributed by atoms with Crippen LogP contribution >= 0.6 is 0 Å². The van der Waals surface area contributed by atoms with Gasteiger partial charge in [-0.05, 0) is 31.2 Å². The molecule has 0 spiro atoms. The number of fused-ring (bicyclic) bond motifs is 1. The number of para-hydroxylation sites is 1. The second-order valence-corrected chi connectivity index (χ2v) is 6.19. The number of urea groups is 1. The van der Waals surface area contributed by atoms with Crippen molar-refractivity contribution in [3.8, 4) is 0 Å². The normalized spacial score (nSPS) is 12.0. The number of carbonyl (C=O) groups is 1. The van der Waals surface area contributed by atoms with Crippen LogP contribution in [-0.4, -0.2) is 27.5 Å². The fraction of sp³-hybridized carbons (Fsp3) is 0.211. The van der Waals surface area contributed by atoms with Gasteiger partial charge in [-0.2, -0.15) is 0 Å². The average Bonchev–Trinajstić information content (AvgIpc) is 2.65. The Balaban J connectivity index is 1.89. The molecular formula is C19H18F2N4O2. The van der Waals surface area contributed by atoms with E-state index >= 15 is 0 Å². The fourth-order valence-corrected chi connectivity index (χ4v) is 2.75. The summed E-state index contributed by atoms with van der Waals surface area (Å²) in [6, 6.07) is 8.64. The van der Waals surface area contributed by atoms with Crippen LogP contribution in [0.1, 0.15) is 18.8 Å². The maximum Gasteiger partial charge on any atom is 0.322 e. The number of rotatable bonds is 3. The lowest BCUT2D eigenvalue weighted by Gasteiger charge is -2.26. The van der Waals surface area contributed by atoms with E-state index in [1.54, 1.807) is 38.2 Å². The number of anilines is 1. The minimum Gasteiger partial charge on any atom is -0.318 e. The van der Waals surface area contributed by atoms with E-state index < -0.39 is 23.7 Å². The Morgan fingerprint density at radius 3 is 2.63 bits per heavy atom. The Morgan fingerprint density at radius 1 is 1.22 bits per heavy atom. The summed E-state index contributed by atoms with van der Waals surface area (Å²) in [6.07, 6.45) is 0. The van der Waals surface area contributed by atoms with Crippen LogP contribution in [0.15, 0.2) is 47.3 Å². The van der Waals surface area contributed by atoms with Crippen LogP contribution < -0.4 is 10.9 Å². The molecule has 0 radical (unpaired) electrons. The molecular weight excluding hydrogens is 354 g/mol. The van der Waals surface area contributed by atoms with Crippen molar-refractivity contribution < 1.29 is 13.6 Å². The topological polar surface area (TPSA) is 67.2 Å². The molecule has 1 N–H and O–H groups in total. The number of hydrogen-bond donors (Lipinski definition) is 1. The molecule has 3 rings (SSSR count). The molecule has 6 nitrogen and oxygen atoms in total. The number of hydrogen-bond acceptors (Lipinski definition) is 3. The van der Waals surface area contributed by atoms with E-state index in [1.165, 1.54) is 16.5 Å². The van der Waals surface area contributed by atoms with E-state index in [-0.39, 0.29) is 11.2 Å². The van der Waals surface area contributed by atoms with Gasteiger partial charge in [-0.25, -0.2) is 18.6 Å². The number of nitrogens with one attached hydrogen (secondary N) is 1. The molecule has 1 unspecified atom stereocenters. The zero-order valence-corrected chi connectivity index (χ0v) is 15.0. The summed E-state index contributed by atoms with van der Waals surface area (Å²) in [5.74, 6) is -1.22. The van der Waals surface area contributed by atoms with E-state index in [0.717, 1.165) is 12.1 Å². The largest absolute Gasteiger partial charge is 0.322 e. The summed E-state index contributed by atoms with van der Waals surface area (Å²) in [5, 5.41) is 2.87. The van der Waals surface area contributed by atoms with Crippen molar-refractivity contribution in [2.75, 3.05) is 12.4 Å². The predicted molar refractivity (Wildman–Crippen MR) is 98.5 cm³/mol. The van der Waals surface area contributed by atoms with Crippen molar-refractivity contribution in [1.82, 2.24) is 14.5 Å². The standard InChI is InChI=1S/C19H18F2N4O2/c1-11(17-22-15-7-5-4-6-13(15)18(26)25(17)3)24(2)19(27)23-16-9-8-12(20)10-14(16)21/h4-11H,1-3H3,(H,23,27). The van der Waals surface area contributed by atoms with Crippen LogP contribution in [0.2, 0.25) is 0 Å². The first kappa shape index (κ1) is 18.5. The first-order valence-corrected chi connectivity index (χ1v) is 8.24. The third-order valence-corrected chi connectivity index (χ3v) is 4.47. The molecule has 0 bridgehead atoms. The van der Waals surface area contributed by atoms with Crippen LogP contribution in [-0.2, 0) is 7.05 Å². The highest BCUT2D eigenvalue weighted by atomic mass is 19.1. The zero-order chi connectivity index (χ0) is 19.7. The average molecular weight is 372 g/mol. The highest BCUT2D eigenvalue weighted by Crippen LogP contribution is 2.20. The van der Waals surface area contributed by atoms with Crippen molar-refractivity contribution in [2.24, 2.45) is 7.05 Å². The second kappa shape index (κ2) is 7.14. The van der Waals surface area contributed by atoms with Crippen molar-refractivity contribution in [3.05, 3.63) is 70.3 Å². The van der Waals surface area contributed by atoms with Crippen molar-refractivity contribution in [1.29, 1.82) is 0 Å². The number of aromatic nitrogens is 2. The third kappa shape index (κ3) is 3.51. The lowest BCUT2D eigenvalue weighted by molar-refractivity contribution is 0.205. The molecule has 3 aromatic rings. The molecule has 1 atom stereocenters. The molecule has 0 fully saturated rings. The maximum atomic E-state index is 13.8. The van der Waals surface area contributed by atoms with Gasteiger partial charge < -0.3 is 10.2 Å². The Hall–Kier alpha value is -3.29. The molecule has 1 aromatic heterocycles. The predicted octanol–water partition coefficient (Wildman–Crippen LogP) is 3.44. The summed E-state index contributed by atoms with van der Waals surface area (Å²) in [6.45, 7) is 1.71. The Bertz CT molecular complexity index is 1080. The van der Waals surface area contributed by atoms with Crippen LogP contribution in [0, 0.1) is 11.6 Å². The zero-order valence-electron chi connectivity index (χ0n) is 15.0. The molecule has 0 saturated heterocycles. The summed E-state index contributed by atoms with van der Waals surface area (Å²) < 4.78 is 28.1. The molecule has 2 aromatic carbocycles. The lowest BCUT2D eigenvalue weighted by atomic mass is 10.2. The SMILES string of the molecule is CC(c1nc2ccccc2c(=O)n1C)N(C)C(=O)Nc1ccc(F)cc1F. The van der Waals surface area contributed by atoms with Crippen LogP contribution in [0.5, 0.6) is 0 Å². The summed E-state index contributed by atoms with van der Waals surface area (Å²) >= 11 is 0. The molecule has 1 heterocycles. The van der Waals surface area contributed by atoms with Gasteiger partial charge >= 0.3 is 6.03 Å². The van der Waals surface area contributed by atoms with E-state index in [1.807, 2.05) is 0 Å². The van der Waals surface area contributed by atoms with Crippen molar-refractivity contribution >= 4 is 22.6 Å². The van der Waals surface area contributed by atoms with Gasteiger partial charge in [0.2, 0.25) is 0 Å². The lowest BCUT2D eigenvalue weighted by Crippen LogP contribution is -2.37. The van der Waals surface area contributed by atoms with Gasteiger partial charge in [0.25, 0.3) is 5.56 Å². The van der Waals surface area contributed by atoms with Gasteiger partial charge in [-0.1, -0.05) is 12.1 Å². The van der Waals surface area contributed by atoms with Crippen molar-refractivity contribution in [2.45, 2.75) is 13.0 Å². The minimum absolute atomic E-state index is 0.138. The summed E-state index contributed by atoms with van der Waals surface area (Å²) in [5.41, 5.74) is 0.169. The molecule has 140 valence electrons. The molecule has 2 amide bonds. The molecule has 0 aliphatic carbocycles. The number of nitrogens with zero attached hydrogens (tertiary/aromatic N) is 3. The molecule has 8 heteroatoms.